The number of fused-ring (bicyclic) bond motifs is 1. The Bertz CT molecular complexity index is 1350. The molecule has 2 heterocycles. The van der Waals surface area contributed by atoms with Crippen molar-refractivity contribution >= 4 is 27.3 Å². The maximum atomic E-state index is 13.1. The number of anilines is 2. The van der Waals surface area contributed by atoms with Crippen LogP contribution in [0.2, 0.25) is 0 Å². The number of para-hydroxylation sites is 1. The highest BCUT2D eigenvalue weighted by molar-refractivity contribution is 7.89. The van der Waals surface area contributed by atoms with Gasteiger partial charge in [-0.25, -0.2) is 8.42 Å². The molecule has 0 unspecified atom stereocenters. The van der Waals surface area contributed by atoms with Crippen LogP contribution in [0.4, 0.5) is 11.4 Å². The van der Waals surface area contributed by atoms with E-state index < -0.39 is 10.0 Å². The molecule has 0 aromatic heterocycles. The molecule has 0 atom stereocenters. The monoisotopic (exact) mass is 505 g/mol. The second-order valence-corrected chi connectivity index (χ2v) is 11.2. The van der Waals surface area contributed by atoms with Crippen LogP contribution in [0.15, 0.2) is 71.6 Å². The number of hydrogen-bond acceptors (Lipinski definition) is 5. The van der Waals surface area contributed by atoms with E-state index in [0.717, 1.165) is 44.3 Å². The Labute approximate surface area is 212 Å². The van der Waals surface area contributed by atoms with E-state index in [2.05, 4.69) is 34.5 Å². The first kappa shape index (κ1) is 24.3. The molecule has 36 heavy (non-hydrogen) atoms. The number of piperidine rings is 1. The Balaban J connectivity index is 1.30. The molecule has 1 fully saturated rings. The van der Waals surface area contributed by atoms with Gasteiger partial charge in [0.1, 0.15) is 5.75 Å². The van der Waals surface area contributed by atoms with E-state index in [9.17, 15) is 13.2 Å². The van der Waals surface area contributed by atoms with Crippen molar-refractivity contribution in [3.8, 4) is 5.75 Å². The number of carbonyl (C=O) groups excluding carboxylic acids is 1. The van der Waals surface area contributed by atoms with Gasteiger partial charge in [-0.05, 0) is 66.8 Å². The van der Waals surface area contributed by atoms with Crippen molar-refractivity contribution < 1.29 is 17.9 Å². The summed E-state index contributed by atoms with van der Waals surface area (Å²) in [7, 11) is -2.13. The number of benzene rings is 3. The number of methoxy groups -OCH3 is 1. The molecule has 3 aromatic rings. The predicted octanol–water partition coefficient (Wildman–Crippen LogP) is 4.68. The average Bonchev–Trinajstić information content (AvgIpc) is 3.32. The molecule has 188 valence electrons. The number of rotatable bonds is 7. The van der Waals surface area contributed by atoms with Gasteiger partial charge in [-0.1, -0.05) is 36.8 Å². The van der Waals surface area contributed by atoms with Gasteiger partial charge in [0, 0.05) is 37.4 Å². The zero-order chi connectivity index (χ0) is 25.1. The van der Waals surface area contributed by atoms with Crippen molar-refractivity contribution in [2.75, 3.05) is 37.0 Å². The number of nitrogens with one attached hydrogen (secondary N) is 1. The van der Waals surface area contributed by atoms with E-state index in [1.807, 2.05) is 12.1 Å². The van der Waals surface area contributed by atoms with Gasteiger partial charge < -0.3 is 15.0 Å². The van der Waals surface area contributed by atoms with Crippen molar-refractivity contribution in [2.45, 2.75) is 37.1 Å². The molecule has 1 amide bonds. The SMILES string of the molecule is COc1ccc(S(=O)(=O)N2CCCCC2)cc1NC(=O)c1ccc(CN2CCc3ccccc32)cc1. The first-order valence-corrected chi connectivity index (χ1v) is 13.8. The van der Waals surface area contributed by atoms with Crippen molar-refractivity contribution in [3.63, 3.8) is 0 Å². The van der Waals surface area contributed by atoms with E-state index in [4.69, 9.17) is 4.74 Å². The van der Waals surface area contributed by atoms with Crippen LogP contribution in [-0.2, 0) is 23.0 Å². The van der Waals surface area contributed by atoms with Crippen LogP contribution in [-0.4, -0.2) is 45.4 Å². The Hall–Kier alpha value is -3.36. The summed E-state index contributed by atoms with van der Waals surface area (Å²) >= 11 is 0. The van der Waals surface area contributed by atoms with Crippen molar-refractivity contribution in [2.24, 2.45) is 0 Å². The maximum Gasteiger partial charge on any atom is 0.255 e. The van der Waals surface area contributed by atoms with Crippen LogP contribution >= 0.6 is 0 Å². The number of sulfonamides is 1. The Kier molecular flexibility index (Phi) is 6.98. The number of amides is 1. The second kappa shape index (κ2) is 10.3. The predicted molar refractivity (Wildman–Crippen MR) is 141 cm³/mol. The zero-order valence-corrected chi connectivity index (χ0v) is 21.3. The molecule has 5 rings (SSSR count). The normalized spacial score (nSPS) is 16.0. The van der Waals surface area contributed by atoms with E-state index in [1.54, 1.807) is 18.2 Å². The van der Waals surface area contributed by atoms with Gasteiger partial charge in [-0.2, -0.15) is 4.31 Å². The lowest BCUT2D eigenvalue weighted by atomic mass is 10.1. The van der Waals surface area contributed by atoms with Gasteiger partial charge in [-0.3, -0.25) is 4.79 Å². The number of nitrogens with zero attached hydrogens (tertiary/aromatic N) is 2. The highest BCUT2D eigenvalue weighted by Crippen LogP contribution is 2.31. The van der Waals surface area contributed by atoms with Gasteiger partial charge in [0.25, 0.3) is 5.91 Å². The van der Waals surface area contributed by atoms with Crippen LogP contribution in [0.1, 0.15) is 40.7 Å². The summed E-state index contributed by atoms with van der Waals surface area (Å²) in [4.78, 5) is 15.5. The molecule has 0 aliphatic carbocycles. The molecule has 7 nitrogen and oxygen atoms in total. The summed E-state index contributed by atoms with van der Waals surface area (Å²) in [5.41, 5.74) is 4.58. The summed E-state index contributed by atoms with van der Waals surface area (Å²) < 4.78 is 33.1. The summed E-state index contributed by atoms with van der Waals surface area (Å²) in [6.45, 7) is 2.80. The fourth-order valence-electron chi connectivity index (χ4n) is 4.95. The summed E-state index contributed by atoms with van der Waals surface area (Å²) in [6.07, 6.45) is 3.81. The molecule has 1 N–H and O–H groups in total. The molecular weight excluding hydrogens is 474 g/mol. The average molecular weight is 506 g/mol. The lowest BCUT2D eigenvalue weighted by Crippen LogP contribution is -2.35. The minimum absolute atomic E-state index is 0.154. The molecule has 8 heteroatoms. The minimum Gasteiger partial charge on any atom is -0.495 e. The molecule has 1 saturated heterocycles. The van der Waals surface area contributed by atoms with E-state index >= 15 is 0 Å². The molecular formula is C28H31N3O4S. The highest BCUT2D eigenvalue weighted by Gasteiger charge is 2.27. The topological polar surface area (TPSA) is 79.0 Å². The number of ether oxygens (including phenoxy) is 1. The van der Waals surface area contributed by atoms with Gasteiger partial charge in [0.2, 0.25) is 10.0 Å². The highest BCUT2D eigenvalue weighted by atomic mass is 32.2. The van der Waals surface area contributed by atoms with Gasteiger partial charge >= 0.3 is 0 Å². The Morgan fingerprint density at radius 3 is 2.44 bits per heavy atom. The van der Waals surface area contributed by atoms with Crippen molar-refractivity contribution in [1.82, 2.24) is 4.31 Å². The van der Waals surface area contributed by atoms with Gasteiger partial charge in [-0.15, -0.1) is 0 Å². The Morgan fingerprint density at radius 1 is 0.944 bits per heavy atom. The summed E-state index contributed by atoms with van der Waals surface area (Å²) in [6, 6.07) is 20.6. The molecule has 0 bridgehead atoms. The number of hydrogen-bond donors (Lipinski definition) is 1. The van der Waals surface area contributed by atoms with Crippen LogP contribution in [0.5, 0.6) is 5.75 Å². The molecule has 3 aromatic carbocycles. The van der Waals surface area contributed by atoms with Crippen LogP contribution in [0, 0.1) is 0 Å². The molecule has 0 spiro atoms. The third-order valence-electron chi connectivity index (χ3n) is 6.94. The first-order chi connectivity index (χ1) is 17.5. The van der Waals surface area contributed by atoms with Gasteiger partial charge in [0.05, 0.1) is 17.7 Å². The smallest absolute Gasteiger partial charge is 0.255 e. The lowest BCUT2D eigenvalue weighted by Gasteiger charge is -2.26. The Morgan fingerprint density at radius 2 is 1.69 bits per heavy atom. The first-order valence-electron chi connectivity index (χ1n) is 12.4. The quantitative estimate of drug-likeness (QED) is 0.504. The van der Waals surface area contributed by atoms with E-state index in [1.165, 1.54) is 34.8 Å². The van der Waals surface area contributed by atoms with E-state index in [0.29, 0.717) is 30.1 Å². The molecule has 2 aliphatic rings. The van der Waals surface area contributed by atoms with Gasteiger partial charge in [0.15, 0.2) is 0 Å². The van der Waals surface area contributed by atoms with E-state index in [-0.39, 0.29) is 10.8 Å². The molecule has 0 radical (unpaired) electrons. The fraction of sp³-hybridized carbons (Fsp3) is 0.321. The summed E-state index contributed by atoms with van der Waals surface area (Å²) in [5.74, 6) is 0.0872. The zero-order valence-electron chi connectivity index (χ0n) is 20.4. The number of carbonyl (C=O) groups is 1. The third kappa shape index (κ3) is 4.96. The van der Waals surface area contributed by atoms with Crippen molar-refractivity contribution in [1.29, 1.82) is 0 Å². The lowest BCUT2D eigenvalue weighted by molar-refractivity contribution is 0.102. The minimum atomic E-state index is -3.63. The molecule has 2 aliphatic heterocycles. The second-order valence-electron chi connectivity index (χ2n) is 9.28. The standard InChI is InChI=1S/C28H31N3O4S/c1-35-27-14-13-24(36(33,34)31-16-5-2-6-17-31)19-25(27)29-28(32)23-11-9-21(10-12-23)20-30-18-15-22-7-3-4-8-26(22)30/h3-4,7-14,19H,2,5-6,15-18,20H2,1H3,(H,29,32). The van der Waals surface area contributed by atoms with Crippen molar-refractivity contribution in [3.05, 3.63) is 83.4 Å². The maximum absolute atomic E-state index is 13.1. The van der Waals surface area contributed by atoms with Crippen LogP contribution in [0.3, 0.4) is 0 Å². The third-order valence-corrected chi connectivity index (χ3v) is 8.84. The summed E-state index contributed by atoms with van der Waals surface area (Å²) in [5, 5.41) is 2.84. The largest absolute Gasteiger partial charge is 0.495 e. The van der Waals surface area contributed by atoms with Crippen LogP contribution in [0.25, 0.3) is 0 Å². The fourth-order valence-corrected chi connectivity index (χ4v) is 6.49. The molecule has 0 saturated carbocycles. The van der Waals surface area contributed by atoms with Crippen LogP contribution < -0.4 is 15.0 Å².